The van der Waals surface area contributed by atoms with Gasteiger partial charge in [0.1, 0.15) is 12.4 Å². The van der Waals surface area contributed by atoms with Crippen molar-refractivity contribution in [3.8, 4) is 0 Å². The van der Waals surface area contributed by atoms with Crippen LogP contribution in [0, 0.1) is 20.8 Å². The largest absolute Gasteiger partial charge is 0.355 e. The molecule has 2 unspecified atom stereocenters. The van der Waals surface area contributed by atoms with Gasteiger partial charge in [-0.3, -0.25) is 9.58 Å². The molecule has 2 atom stereocenters. The second-order valence-electron chi connectivity index (χ2n) is 8.72. The molecule has 1 saturated heterocycles. The molecule has 0 amide bonds. The van der Waals surface area contributed by atoms with Crippen LogP contribution in [0.5, 0.6) is 0 Å². The van der Waals surface area contributed by atoms with Crippen LogP contribution in [0.1, 0.15) is 55.3 Å². The number of guanidine groups is 1. The van der Waals surface area contributed by atoms with E-state index in [1.54, 1.807) is 0 Å². The van der Waals surface area contributed by atoms with Gasteiger partial charge >= 0.3 is 0 Å². The maximum Gasteiger partial charge on any atom is 0.191 e. The van der Waals surface area contributed by atoms with Crippen LogP contribution >= 0.6 is 0 Å². The van der Waals surface area contributed by atoms with E-state index in [-0.39, 0.29) is 6.04 Å². The first-order chi connectivity index (χ1) is 14.8. The number of hydrogen-bond acceptors (Lipinski definition) is 5. The topological polar surface area (TPSA) is 88.2 Å². The number of nitrogens with one attached hydrogen (secondary N) is 2. The monoisotopic (exact) mass is 429 g/mol. The number of aryl methyl sites for hydroxylation is 3. The fourth-order valence-electron chi connectivity index (χ4n) is 4.35. The van der Waals surface area contributed by atoms with Crippen molar-refractivity contribution in [1.29, 1.82) is 0 Å². The van der Waals surface area contributed by atoms with E-state index in [1.807, 2.05) is 30.3 Å². The molecule has 0 spiro atoms. The van der Waals surface area contributed by atoms with Gasteiger partial charge in [0, 0.05) is 38.4 Å². The van der Waals surface area contributed by atoms with E-state index in [4.69, 9.17) is 4.99 Å². The van der Waals surface area contributed by atoms with Crippen molar-refractivity contribution in [2.45, 2.75) is 72.5 Å². The zero-order valence-corrected chi connectivity index (χ0v) is 20.2. The van der Waals surface area contributed by atoms with Crippen molar-refractivity contribution in [1.82, 2.24) is 40.1 Å². The average molecular weight is 430 g/mol. The van der Waals surface area contributed by atoms with E-state index in [2.05, 4.69) is 58.5 Å². The molecule has 2 aromatic rings. The average Bonchev–Trinajstić information content (AvgIpc) is 3.39. The van der Waals surface area contributed by atoms with Gasteiger partial charge in [0.15, 0.2) is 11.8 Å². The van der Waals surface area contributed by atoms with Crippen LogP contribution in [0.15, 0.2) is 4.99 Å². The summed E-state index contributed by atoms with van der Waals surface area (Å²) in [5.74, 6) is 2.59. The molecule has 9 heteroatoms. The molecule has 9 nitrogen and oxygen atoms in total. The Bertz CT molecular complexity index is 895. The van der Waals surface area contributed by atoms with Crippen LogP contribution < -0.4 is 10.6 Å². The zero-order chi connectivity index (χ0) is 22.5. The molecule has 0 radical (unpaired) electrons. The Hall–Kier alpha value is -2.42. The molecule has 172 valence electrons. The van der Waals surface area contributed by atoms with E-state index >= 15 is 0 Å². The summed E-state index contributed by atoms with van der Waals surface area (Å²) in [5.41, 5.74) is 3.62. The predicted molar refractivity (Wildman–Crippen MR) is 124 cm³/mol. The summed E-state index contributed by atoms with van der Waals surface area (Å²) in [6.07, 6.45) is 3.41. The van der Waals surface area contributed by atoms with Crippen LogP contribution in [0.4, 0.5) is 0 Å². The minimum Gasteiger partial charge on any atom is -0.355 e. The molecule has 0 bridgehead atoms. The summed E-state index contributed by atoms with van der Waals surface area (Å²) in [5, 5.41) is 20.2. The van der Waals surface area contributed by atoms with Crippen molar-refractivity contribution < 1.29 is 0 Å². The molecular weight excluding hydrogens is 390 g/mol. The summed E-state index contributed by atoms with van der Waals surface area (Å²) < 4.78 is 3.95. The molecule has 0 saturated carbocycles. The Morgan fingerprint density at radius 2 is 2.00 bits per heavy atom. The number of aliphatic imine (C=N–C) groups is 1. The van der Waals surface area contributed by atoms with E-state index in [9.17, 15) is 0 Å². The van der Waals surface area contributed by atoms with Crippen molar-refractivity contribution in [3.05, 3.63) is 28.6 Å². The predicted octanol–water partition coefficient (Wildman–Crippen LogP) is 1.62. The molecule has 2 aromatic heterocycles. The molecule has 1 aliphatic heterocycles. The molecule has 3 rings (SSSR count). The third-order valence-corrected chi connectivity index (χ3v) is 6.52. The van der Waals surface area contributed by atoms with Gasteiger partial charge in [0.2, 0.25) is 0 Å². The maximum atomic E-state index is 4.84. The Kier molecular flexibility index (Phi) is 7.69. The molecule has 1 fully saturated rings. The third-order valence-electron chi connectivity index (χ3n) is 6.52. The Morgan fingerprint density at radius 1 is 1.23 bits per heavy atom. The Morgan fingerprint density at radius 3 is 2.61 bits per heavy atom. The molecule has 2 N–H and O–H groups in total. The number of aromatic nitrogens is 5. The smallest absolute Gasteiger partial charge is 0.191 e. The lowest BCUT2D eigenvalue weighted by Crippen LogP contribution is -2.47. The van der Waals surface area contributed by atoms with Gasteiger partial charge in [-0.15, -0.1) is 10.2 Å². The van der Waals surface area contributed by atoms with Crippen molar-refractivity contribution in [2.24, 2.45) is 19.1 Å². The van der Waals surface area contributed by atoms with E-state index in [0.29, 0.717) is 12.6 Å². The fraction of sp³-hybridized carbons (Fsp3) is 0.727. The van der Waals surface area contributed by atoms with Gasteiger partial charge in [-0.2, -0.15) is 5.10 Å². The molecule has 0 aliphatic carbocycles. The van der Waals surface area contributed by atoms with E-state index in [1.165, 1.54) is 30.6 Å². The molecule has 0 aromatic carbocycles. The summed E-state index contributed by atoms with van der Waals surface area (Å²) >= 11 is 0. The van der Waals surface area contributed by atoms with Crippen LogP contribution in [0.2, 0.25) is 0 Å². The molecule has 1 aliphatic rings. The summed E-state index contributed by atoms with van der Waals surface area (Å²) in [6, 6.07) is 0.784. The van der Waals surface area contributed by atoms with Crippen LogP contribution in [-0.4, -0.2) is 67.1 Å². The van der Waals surface area contributed by atoms with Crippen molar-refractivity contribution in [3.63, 3.8) is 0 Å². The fourth-order valence-corrected chi connectivity index (χ4v) is 4.35. The number of hydrogen-bond donors (Lipinski definition) is 2. The Balaban J connectivity index is 1.69. The van der Waals surface area contributed by atoms with Crippen molar-refractivity contribution in [2.75, 3.05) is 19.6 Å². The zero-order valence-electron chi connectivity index (χ0n) is 20.2. The minimum absolute atomic E-state index is 0.222. The van der Waals surface area contributed by atoms with Gasteiger partial charge in [-0.05, 0) is 65.6 Å². The van der Waals surface area contributed by atoms with Gasteiger partial charge in [-0.25, -0.2) is 4.99 Å². The highest BCUT2D eigenvalue weighted by atomic mass is 15.3. The summed E-state index contributed by atoms with van der Waals surface area (Å²) in [4.78, 5) is 7.39. The lowest BCUT2D eigenvalue weighted by Gasteiger charge is -2.25. The highest BCUT2D eigenvalue weighted by molar-refractivity contribution is 5.80. The second kappa shape index (κ2) is 10.3. The summed E-state index contributed by atoms with van der Waals surface area (Å²) in [6.45, 7) is 14.3. The first-order valence-corrected chi connectivity index (χ1v) is 11.4. The standard InChI is InChI=1S/C22H39N9/c1-8-31-11-9-10-19(31)13-23-22(24-14-21-27-26-18(5)29(21)6)25-15(2)12-20-16(3)28-30(7)17(20)4/h15,19H,8-14H2,1-7H3,(H2,23,24,25). The number of nitrogens with zero attached hydrogens (tertiary/aromatic N) is 7. The molecule has 31 heavy (non-hydrogen) atoms. The quantitative estimate of drug-likeness (QED) is 0.490. The Labute approximate surface area is 186 Å². The first-order valence-electron chi connectivity index (χ1n) is 11.4. The lowest BCUT2D eigenvalue weighted by atomic mass is 10.1. The SMILES string of the molecule is CCN1CCCC1CNC(=NCc1nnc(C)n1C)NC(C)Cc1c(C)nn(C)c1C. The van der Waals surface area contributed by atoms with Gasteiger partial charge in [0.05, 0.1) is 5.69 Å². The van der Waals surface area contributed by atoms with Crippen LogP contribution in [-0.2, 0) is 27.1 Å². The van der Waals surface area contributed by atoms with E-state index in [0.717, 1.165) is 42.8 Å². The lowest BCUT2D eigenvalue weighted by molar-refractivity contribution is 0.267. The van der Waals surface area contributed by atoms with Gasteiger partial charge in [0.25, 0.3) is 0 Å². The summed E-state index contributed by atoms with van der Waals surface area (Å²) in [7, 11) is 3.98. The number of likely N-dealkylation sites (tertiary alicyclic amines) is 1. The first kappa shape index (κ1) is 23.2. The highest BCUT2D eigenvalue weighted by Crippen LogP contribution is 2.16. The maximum absolute atomic E-state index is 4.84. The number of rotatable bonds is 8. The minimum atomic E-state index is 0.222. The second-order valence-corrected chi connectivity index (χ2v) is 8.72. The highest BCUT2D eigenvalue weighted by Gasteiger charge is 2.23. The van der Waals surface area contributed by atoms with Crippen LogP contribution in [0.25, 0.3) is 0 Å². The van der Waals surface area contributed by atoms with Gasteiger partial charge in [-0.1, -0.05) is 6.92 Å². The van der Waals surface area contributed by atoms with Crippen molar-refractivity contribution >= 4 is 5.96 Å². The van der Waals surface area contributed by atoms with Crippen LogP contribution in [0.3, 0.4) is 0 Å². The third kappa shape index (κ3) is 5.64. The van der Waals surface area contributed by atoms with Gasteiger partial charge < -0.3 is 15.2 Å². The molecular formula is C22H39N9. The number of likely N-dealkylation sites (N-methyl/N-ethyl adjacent to an activating group) is 1. The normalized spacial score (nSPS) is 18.5. The van der Waals surface area contributed by atoms with E-state index < -0.39 is 0 Å². The molecule has 3 heterocycles.